The predicted molar refractivity (Wildman–Crippen MR) is 80.2 cm³/mol. The normalized spacial score (nSPS) is 29.7. The van der Waals surface area contributed by atoms with Crippen LogP contribution in [0.5, 0.6) is 0 Å². The lowest BCUT2D eigenvalue weighted by Crippen LogP contribution is -2.50. The maximum atomic E-state index is 12.4. The Morgan fingerprint density at radius 1 is 1.24 bits per heavy atom. The highest BCUT2D eigenvalue weighted by Crippen LogP contribution is 2.25. The number of amides is 2. The van der Waals surface area contributed by atoms with E-state index in [4.69, 9.17) is 5.11 Å². The van der Waals surface area contributed by atoms with Gasteiger partial charge in [-0.25, -0.2) is 4.79 Å². The number of hydrogen-bond acceptors (Lipinski definition) is 3. The first-order valence-corrected chi connectivity index (χ1v) is 7.92. The molecule has 2 N–H and O–H groups in total. The van der Waals surface area contributed by atoms with Gasteiger partial charge in [-0.3, -0.25) is 4.79 Å². The van der Waals surface area contributed by atoms with Crippen molar-refractivity contribution >= 4 is 12.0 Å². The van der Waals surface area contributed by atoms with Gasteiger partial charge in [0, 0.05) is 25.2 Å². The molecule has 0 aromatic carbocycles. The van der Waals surface area contributed by atoms with Crippen molar-refractivity contribution in [3.63, 3.8) is 0 Å². The van der Waals surface area contributed by atoms with E-state index in [9.17, 15) is 9.59 Å². The van der Waals surface area contributed by atoms with Crippen molar-refractivity contribution in [2.75, 3.05) is 27.2 Å². The average molecular weight is 297 g/mol. The minimum Gasteiger partial charge on any atom is -0.481 e. The third-order valence-corrected chi connectivity index (χ3v) is 4.56. The number of likely N-dealkylation sites (tertiary alicyclic amines) is 1. The van der Waals surface area contributed by atoms with Crippen molar-refractivity contribution in [2.45, 2.75) is 50.6 Å². The van der Waals surface area contributed by atoms with Gasteiger partial charge in [0.15, 0.2) is 0 Å². The molecule has 0 bridgehead atoms. The van der Waals surface area contributed by atoms with Crippen molar-refractivity contribution < 1.29 is 14.7 Å². The van der Waals surface area contributed by atoms with Gasteiger partial charge in [-0.15, -0.1) is 0 Å². The Morgan fingerprint density at radius 2 is 2.00 bits per heavy atom. The van der Waals surface area contributed by atoms with E-state index in [0.29, 0.717) is 6.42 Å². The SMILES string of the molecule is CN(C)CC1CCCN1C(=O)NC1CCCC(C(=O)O)C1. The van der Waals surface area contributed by atoms with Gasteiger partial charge < -0.3 is 20.2 Å². The van der Waals surface area contributed by atoms with Crippen molar-refractivity contribution in [3.8, 4) is 0 Å². The van der Waals surface area contributed by atoms with Gasteiger partial charge in [-0.1, -0.05) is 6.42 Å². The van der Waals surface area contributed by atoms with Crippen LogP contribution in [0.2, 0.25) is 0 Å². The number of likely N-dealkylation sites (N-methyl/N-ethyl adjacent to an activating group) is 1. The zero-order chi connectivity index (χ0) is 15.4. The van der Waals surface area contributed by atoms with Crippen LogP contribution in [-0.4, -0.2) is 66.2 Å². The number of aliphatic carboxylic acids is 1. The summed E-state index contributed by atoms with van der Waals surface area (Å²) in [7, 11) is 4.04. The van der Waals surface area contributed by atoms with Gasteiger partial charge in [0.2, 0.25) is 0 Å². The number of carbonyl (C=O) groups excluding carboxylic acids is 1. The number of carboxylic acids is 1. The Bertz CT molecular complexity index is 386. The Morgan fingerprint density at radius 3 is 2.67 bits per heavy atom. The lowest BCUT2D eigenvalue weighted by Gasteiger charge is -2.32. The molecule has 0 spiro atoms. The van der Waals surface area contributed by atoms with E-state index in [-0.39, 0.29) is 24.0 Å². The van der Waals surface area contributed by atoms with Crippen molar-refractivity contribution in [3.05, 3.63) is 0 Å². The third-order valence-electron chi connectivity index (χ3n) is 4.56. The molecule has 3 unspecified atom stereocenters. The zero-order valence-corrected chi connectivity index (χ0v) is 13.0. The zero-order valence-electron chi connectivity index (χ0n) is 13.0. The molecule has 21 heavy (non-hydrogen) atoms. The van der Waals surface area contributed by atoms with Gasteiger partial charge in [0.05, 0.1) is 5.92 Å². The molecule has 0 aromatic rings. The highest BCUT2D eigenvalue weighted by molar-refractivity contribution is 5.75. The standard InChI is InChI=1S/C15H27N3O3/c1-17(2)10-13-7-4-8-18(13)15(21)16-12-6-3-5-11(9-12)14(19)20/h11-13H,3-10H2,1-2H3,(H,16,21)(H,19,20). The first-order chi connectivity index (χ1) is 9.97. The minimum atomic E-state index is -0.736. The Balaban J connectivity index is 1.87. The van der Waals surface area contributed by atoms with E-state index in [1.165, 1.54) is 0 Å². The van der Waals surface area contributed by atoms with Crippen molar-refractivity contribution in [1.29, 1.82) is 0 Å². The molecule has 2 rings (SSSR count). The number of carbonyl (C=O) groups is 2. The average Bonchev–Trinajstić information content (AvgIpc) is 2.86. The Kier molecular flexibility index (Phi) is 5.45. The molecule has 6 nitrogen and oxygen atoms in total. The molecule has 120 valence electrons. The maximum Gasteiger partial charge on any atom is 0.317 e. The van der Waals surface area contributed by atoms with Gasteiger partial charge in [-0.2, -0.15) is 0 Å². The second-order valence-corrected chi connectivity index (χ2v) is 6.60. The summed E-state index contributed by atoms with van der Waals surface area (Å²) in [5.41, 5.74) is 0. The molecule has 3 atom stereocenters. The summed E-state index contributed by atoms with van der Waals surface area (Å²) in [6.45, 7) is 1.69. The summed E-state index contributed by atoms with van der Waals surface area (Å²) < 4.78 is 0. The van der Waals surface area contributed by atoms with E-state index in [1.54, 1.807) is 0 Å². The predicted octanol–water partition coefficient (Wildman–Crippen LogP) is 1.37. The van der Waals surface area contributed by atoms with Gasteiger partial charge >= 0.3 is 12.0 Å². The first-order valence-electron chi connectivity index (χ1n) is 7.92. The van der Waals surface area contributed by atoms with Crippen LogP contribution in [0.4, 0.5) is 4.79 Å². The lowest BCUT2D eigenvalue weighted by atomic mass is 9.86. The number of rotatable bonds is 4. The number of nitrogens with one attached hydrogen (secondary N) is 1. The number of urea groups is 1. The van der Waals surface area contributed by atoms with Crippen LogP contribution in [0.25, 0.3) is 0 Å². The fraction of sp³-hybridized carbons (Fsp3) is 0.867. The second kappa shape index (κ2) is 7.11. The molecule has 2 amide bonds. The molecule has 0 aromatic heterocycles. The summed E-state index contributed by atoms with van der Waals surface area (Å²) in [5, 5.41) is 12.2. The molecular formula is C15H27N3O3. The van der Waals surface area contributed by atoms with E-state index in [0.717, 1.165) is 45.2 Å². The number of hydrogen-bond donors (Lipinski definition) is 2. The summed E-state index contributed by atoms with van der Waals surface area (Å²) >= 11 is 0. The molecule has 1 saturated carbocycles. The molecule has 2 fully saturated rings. The van der Waals surface area contributed by atoms with Crippen LogP contribution in [-0.2, 0) is 4.79 Å². The molecule has 1 aliphatic heterocycles. The van der Waals surface area contributed by atoms with Crippen LogP contribution in [0.15, 0.2) is 0 Å². The molecule has 2 aliphatic rings. The van der Waals surface area contributed by atoms with Gasteiger partial charge in [-0.05, 0) is 46.2 Å². The third kappa shape index (κ3) is 4.33. The maximum absolute atomic E-state index is 12.4. The summed E-state index contributed by atoms with van der Waals surface area (Å²) in [6, 6.07) is 0.266. The largest absolute Gasteiger partial charge is 0.481 e. The monoisotopic (exact) mass is 297 g/mol. The number of carboxylic acid groups (broad SMARTS) is 1. The number of nitrogens with zero attached hydrogens (tertiary/aromatic N) is 2. The highest BCUT2D eigenvalue weighted by Gasteiger charge is 2.32. The van der Waals surface area contributed by atoms with Crippen LogP contribution in [0.3, 0.4) is 0 Å². The Labute approximate surface area is 126 Å². The first kappa shape index (κ1) is 16.1. The minimum absolute atomic E-state index is 0.00737. The van der Waals surface area contributed by atoms with Crippen LogP contribution < -0.4 is 5.32 Å². The molecule has 0 radical (unpaired) electrons. The summed E-state index contributed by atoms with van der Waals surface area (Å²) in [6.07, 6.45) is 5.16. The van der Waals surface area contributed by atoms with Crippen molar-refractivity contribution in [1.82, 2.24) is 15.1 Å². The Hall–Kier alpha value is -1.30. The lowest BCUT2D eigenvalue weighted by molar-refractivity contribution is -0.143. The van der Waals surface area contributed by atoms with E-state index < -0.39 is 5.97 Å². The summed E-state index contributed by atoms with van der Waals surface area (Å²) in [5.74, 6) is -1.04. The molecule has 1 saturated heterocycles. The fourth-order valence-electron chi connectivity index (χ4n) is 3.52. The summed E-state index contributed by atoms with van der Waals surface area (Å²) in [4.78, 5) is 27.5. The fourth-order valence-corrected chi connectivity index (χ4v) is 3.52. The van der Waals surface area contributed by atoms with E-state index >= 15 is 0 Å². The topological polar surface area (TPSA) is 72.9 Å². The smallest absolute Gasteiger partial charge is 0.317 e. The molecular weight excluding hydrogens is 270 g/mol. The van der Waals surface area contributed by atoms with Crippen LogP contribution in [0, 0.1) is 5.92 Å². The van der Waals surface area contributed by atoms with E-state index in [2.05, 4.69) is 10.2 Å². The van der Waals surface area contributed by atoms with Crippen LogP contribution >= 0.6 is 0 Å². The second-order valence-electron chi connectivity index (χ2n) is 6.60. The molecule has 1 aliphatic carbocycles. The molecule has 6 heteroatoms. The van der Waals surface area contributed by atoms with Gasteiger partial charge in [0.1, 0.15) is 0 Å². The molecule has 1 heterocycles. The van der Waals surface area contributed by atoms with E-state index in [1.807, 2.05) is 19.0 Å². The van der Waals surface area contributed by atoms with Gasteiger partial charge in [0.25, 0.3) is 0 Å². The van der Waals surface area contributed by atoms with Crippen LogP contribution in [0.1, 0.15) is 38.5 Å². The quantitative estimate of drug-likeness (QED) is 0.822. The van der Waals surface area contributed by atoms with Crippen molar-refractivity contribution in [2.24, 2.45) is 5.92 Å². The highest BCUT2D eigenvalue weighted by atomic mass is 16.4.